The third kappa shape index (κ3) is 4.52. The highest BCUT2D eigenvalue weighted by atomic mass is 31.1. The first-order chi connectivity index (χ1) is 10.5. The second-order valence-corrected chi connectivity index (χ2v) is 6.15. The van der Waals surface area contributed by atoms with Gasteiger partial charge in [-0.3, -0.25) is 4.79 Å². The van der Waals surface area contributed by atoms with Crippen LogP contribution in [0, 0.1) is 0 Å². The number of fused-ring (bicyclic) bond motifs is 1. The average Bonchev–Trinajstić information content (AvgIpc) is 2.46. The van der Waals surface area contributed by atoms with Crippen molar-refractivity contribution in [3.63, 3.8) is 0 Å². The van der Waals surface area contributed by atoms with Gasteiger partial charge in [0.15, 0.2) is 5.75 Å². The van der Waals surface area contributed by atoms with Crippen molar-refractivity contribution in [3.05, 3.63) is 42.5 Å². The molecule has 0 heterocycles. The maximum Gasteiger partial charge on any atom is 0.664 e. The van der Waals surface area contributed by atoms with Crippen LogP contribution in [0.4, 0.5) is 0 Å². The number of esters is 1. The Labute approximate surface area is 130 Å². The van der Waals surface area contributed by atoms with Crippen molar-refractivity contribution in [2.24, 2.45) is 0 Å². The van der Waals surface area contributed by atoms with Crippen LogP contribution in [0.2, 0.25) is 0 Å². The zero-order valence-electron chi connectivity index (χ0n) is 12.8. The molecule has 1 unspecified atom stereocenters. The molecule has 0 amide bonds. The van der Waals surface area contributed by atoms with Crippen LogP contribution >= 0.6 is 8.18 Å². The Morgan fingerprint density at radius 3 is 2.45 bits per heavy atom. The summed E-state index contributed by atoms with van der Waals surface area (Å²) in [5.74, 6) is 0.0252. The van der Waals surface area contributed by atoms with E-state index < -0.39 is 20.2 Å². The maximum atomic E-state index is 12.0. The number of hydrogen-bond acceptors (Lipinski definition) is 4. The molecule has 22 heavy (non-hydrogen) atoms. The third-order valence-corrected chi connectivity index (χ3v) is 3.89. The summed E-state index contributed by atoms with van der Waals surface area (Å²) in [5.41, 5.74) is 0. The number of hydrogen-bond donors (Lipinski definition) is 1. The zero-order chi connectivity index (χ0) is 16.1. The highest BCUT2D eigenvalue weighted by Gasteiger charge is 2.28. The minimum Gasteiger partial charge on any atom is -0.462 e. The lowest BCUT2D eigenvalue weighted by atomic mass is 10.1. The van der Waals surface area contributed by atoms with Crippen LogP contribution in [-0.2, 0) is 14.1 Å². The van der Waals surface area contributed by atoms with Crippen molar-refractivity contribution < 1.29 is 18.6 Å². The summed E-state index contributed by atoms with van der Waals surface area (Å²) < 4.78 is 22.3. The van der Waals surface area contributed by atoms with Gasteiger partial charge in [0.05, 0.1) is 6.10 Å². The summed E-state index contributed by atoms with van der Waals surface area (Å²) in [6.45, 7) is 5.11. The Hall–Kier alpha value is -1.97. The fourth-order valence-electron chi connectivity index (χ4n) is 1.89. The Balaban J connectivity index is 1.97. The smallest absolute Gasteiger partial charge is 0.462 e. The fraction of sp³-hybridized carbons (Fsp3) is 0.312. The predicted molar refractivity (Wildman–Crippen MR) is 86.0 cm³/mol. The van der Waals surface area contributed by atoms with E-state index in [4.69, 9.17) is 9.26 Å². The SMILES string of the molecule is CC(C)OC(=O)[C@H](C)N[P+](=O)Oc1ccc2ccccc2c1. The van der Waals surface area contributed by atoms with Gasteiger partial charge in [-0.05, 0) is 43.7 Å². The van der Waals surface area contributed by atoms with Gasteiger partial charge in [-0.25, -0.2) is 4.52 Å². The highest BCUT2D eigenvalue weighted by Crippen LogP contribution is 2.27. The number of rotatable bonds is 6. The molecule has 0 saturated heterocycles. The van der Waals surface area contributed by atoms with Gasteiger partial charge in [-0.1, -0.05) is 35.4 Å². The molecule has 0 bridgehead atoms. The average molecular weight is 320 g/mol. The van der Waals surface area contributed by atoms with Crippen LogP contribution in [0.5, 0.6) is 5.75 Å². The number of carbonyl (C=O) groups excluding carboxylic acids is 1. The van der Waals surface area contributed by atoms with E-state index in [0.29, 0.717) is 5.75 Å². The number of nitrogens with one attached hydrogen (secondary N) is 1. The van der Waals surface area contributed by atoms with Crippen LogP contribution in [0.15, 0.2) is 42.5 Å². The summed E-state index contributed by atoms with van der Waals surface area (Å²) in [7, 11) is -2.21. The van der Waals surface area contributed by atoms with Crippen LogP contribution in [-0.4, -0.2) is 18.1 Å². The Morgan fingerprint density at radius 1 is 1.09 bits per heavy atom. The molecule has 0 radical (unpaired) electrons. The van der Waals surface area contributed by atoms with Gasteiger partial charge in [-0.15, -0.1) is 0 Å². The van der Waals surface area contributed by atoms with Crippen molar-refractivity contribution in [2.45, 2.75) is 32.9 Å². The molecule has 0 aliphatic carbocycles. The van der Waals surface area contributed by atoms with Gasteiger partial charge in [-0.2, -0.15) is 0 Å². The molecule has 2 rings (SSSR count). The maximum absolute atomic E-state index is 12.0. The molecule has 116 valence electrons. The van der Waals surface area contributed by atoms with E-state index in [1.165, 1.54) is 0 Å². The normalized spacial score (nSPS) is 13.0. The second kappa shape index (κ2) is 7.34. The molecule has 0 saturated carbocycles. The molecule has 0 aliphatic rings. The minimum atomic E-state index is -2.21. The van der Waals surface area contributed by atoms with Gasteiger partial charge < -0.3 is 4.74 Å². The molecule has 0 aliphatic heterocycles. The third-order valence-electron chi connectivity index (χ3n) is 2.91. The lowest BCUT2D eigenvalue weighted by Gasteiger charge is -2.10. The largest absolute Gasteiger partial charge is 0.664 e. The van der Waals surface area contributed by atoms with E-state index in [2.05, 4.69) is 5.09 Å². The quantitative estimate of drug-likeness (QED) is 0.648. The summed E-state index contributed by atoms with van der Waals surface area (Å²) in [5, 5.41) is 4.67. The van der Waals surface area contributed by atoms with Crippen LogP contribution < -0.4 is 9.61 Å². The lowest BCUT2D eigenvalue weighted by Crippen LogP contribution is -2.33. The van der Waals surface area contributed by atoms with Crippen LogP contribution in [0.1, 0.15) is 20.8 Å². The summed E-state index contributed by atoms with van der Waals surface area (Å²) in [6.07, 6.45) is -0.212. The molecule has 2 aromatic carbocycles. The number of carbonyl (C=O) groups is 1. The van der Waals surface area contributed by atoms with Crippen LogP contribution in [0.25, 0.3) is 10.8 Å². The van der Waals surface area contributed by atoms with Crippen LogP contribution in [0.3, 0.4) is 0 Å². The standard InChI is InChI=1S/C16H19NO4P/c1-11(2)20-16(18)12(3)17-22(19)21-15-9-8-13-6-4-5-7-14(13)10-15/h4-12H,1-3H3,(H,17,19)/q+1/t12-/m0/s1. The fourth-order valence-corrected chi connectivity index (χ4v) is 2.67. The first-order valence-electron chi connectivity index (χ1n) is 7.06. The van der Waals surface area contributed by atoms with Gasteiger partial charge in [0.25, 0.3) is 0 Å². The predicted octanol–water partition coefficient (Wildman–Crippen LogP) is 3.81. The first-order valence-corrected chi connectivity index (χ1v) is 8.24. The number of benzene rings is 2. The molecule has 0 spiro atoms. The molecule has 6 heteroatoms. The molecule has 0 fully saturated rings. The Bertz CT molecular complexity index is 687. The molecular formula is C16H19NO4P+. The van der Waals surface area contributed by atoms with E-state index >= 15 is 0 Å². The molecule has 2 atom stereocenters. The topological polar surface area (TPSA) is 64.6 Å². The Kier molecular flexibility index (Phi) is 5.47. The van der Waals surface area contributed by atoms with E-state index in [0.717, 1.165) is 10.8 Å². The van der Waals surface area contributed by atoms with E-state index in [-0.39, 0.29) is 6.10 Å². The number of ether oxygens (including phenoxy) is 1. The monoisotopic (exact) mass is 320 g/mol. The van der Waals surface area contributed by atoms with Gasteiger partial charge in [0.2, 0.25) is 0 Å². The lowest BCUT2D eigenvalue weighted by molar-refractivity contribution is -0.148. The minimum absolute atomic E-state index is 0.212. The Morgan fingerprint density at radius 2 is 1.77 bits per heavy atom. The van der Waals surface area contributed by atoms with E-state index in [9.17, 15) is 9.36 Å². The van der Waals surface area contributed by atoms with Crippen molar-refractivity contribution in [1.82, 2.24) is 5.09 Å². The summed E-state index contributed by atoms with van der Waals surface area (Å²) >= 11 is 0. The van der Waals surface area contributed by atoms with Gasteiger partial charge in [0.1, 0.15) is 6.04 Å². The molecule has 1 N–H and O–H groups in total. The van der Waals surface area contributed by atoms with Crippen molar-refractivity contribution in [2.75, 3.05) is 0 Å². The second-order valence-electron chi connectivity index (χ2n) is 5.19. The molecular weight excluding hydrogens is 301 g/mol. The highest BCUT2D eigenvalue weighted by molar-refractivity contribution is 7.37. The zero-order valence-corrected chi connectivity index (χ0v) is 13.7. The molecule has 5 nitrogen and oxygen atoms in total. The van der Waals surface area contributed by atoms with Crippen molar-refractivity contribution in [3.8, 4) is 5.75 Å². The summed E-state index contributed by atoms with van der Waals surface area (Å²) in [6, 6.07) is 12.6. The van der Waals surface area contributed by atoms with E-state index in [1.54, 1.807) is 32.9 Å². The van der Waals surface area contributed by atoms with E-state index in [1.807, 2.05) is 30.3 Å². The van der Waals surface area contributed by atoms with Crippen molar-refractivity contribution in [1.29, 1.82) is 0 Å². The summed E-state index contributed by atoms with van der Waals surface area (Å²) in [4.78, 5) is 11.6. The first kappa shape index (κ1) is 16.4. The molecule has 0 aromatic heterocycles. The van der Waals surface area contributed by atoms with Gasteiger partial charge >= 0.3 is 14.1 Å². The van der Waals surface area contributed by atoms with Crippen molar-refractivity contribution >= 4 is 24.9 Å². The molecule has 2 aromatic rings. The van der Waals surface area contributed by atoms with Gasteiger partial charge in [0, 0.05) is 4.57 Å².